The van der Waals surface area contributed by atoms with Gasteiger partial charge in [0.05, 0.1) is 19.8 Å². The molecule has 0 atom stereocenters. The van der Waals surface area contributed by atoms with E-state index in [1.54, 1.807) is 14.7 Å². The molecule has 0 heterocycles. The van der Waals surface area contributed by atoms with Crippen LogP contribution in [0.4, 0.5) is 0 Å². The third kappa shape index (κ3) is 16.7. The Morgan fingerprint density at radius 1 is 0.414 bits per heavy atom. The Balaban J connectivity index is 1.62. The maximum atomic E-state index is 12.5. The van der Waals surface area contributed by atoms with Gasteiger partial charge in [-0.15, -0.1) is 0 Å². The normalized spacial score (nSPS) is 11.0. The second-order valence-electron chi connectivity index (χ2n) is 13.4. The van der Waals surface area contributed by atoms with Crippen LogP contribution < -0.4 is 14.2 Å². The molecule has 0 aliphatic rings. The molecule has 0 unspecified atom stereocenters. The van der Waals surface area contributed by atoms with Gasteiger partial charge >= 0.3 is 0 Å². The Morgan fingerprint density at radius 3 is 0.931 bits per heavy atom. The molecule has 0 aliphatic carbocycles. The van der Waals surface area contributed by atoms with E-state index in [1.165, 1.54) is 0 Å². The molecule has 3 amide bonds. The van der Waals surface area contributed by atoms with E-state index < -0.39 is 0 Å². The number of para-hydroxylation sites is 3. The van der Waals surface area contributed by atoms with Crippen molar-refractivity contribution >= 4 is 17.7 Å². The largest absolute Gasteiger partial charge is 0.492 e. The Bertz CT molecular complexity index is 1440. The van der Waals surface area contributed by atoms with Crippen molar-refractivity contribution in [2.24, 2.45) is 0 Å². The summed E-state index contributed by atoms with van der Waals surface area (Å²) in [6.45, 7) is 19.3. The molecule has 320 valence electrons. The number of benzene rings is 3. The minimum absolute atomic E-state index is 0.0111. The molecule has 0 bridgehead atoms. The van der Waals surface area contributed by atoms with Gasteiger partial charge in [0.1, 0.15) is 56.9 Å². The third-order valence-corrected chi connectivity index (χ3v) is 9.71. The molecule has 3 aromatic carbocycles. The number of hydrogen-bond donors (Lipinski definition) is 0. The molecule has 3 aromatic rings. The summed E-state index contributed by atoms with van der Waals surface area (Å²) in [7, 11) is 0. The molecule has 0 N–H and O–H groups in total. The van der Waals surface area contributed by atoms with Crippen LogP contribution >= 0.6 is 0 Å². The predicted octanol–water partition coefficient (Wildman–Crippen LogP) is 5.68. The molecule has 58 heavy (non-hydrogen) atoms. The van der Waals surface area contributed by atoms with Gasteiger partial charge in [0.2, 0.25) is 17.7 Å². The van der Waals surface area contributed by atoms with E-state index in [9.17, 15) is 14.4 Å². The highest BCUT2D eigenvalue weighted by molar-refractivity contribution is 5.78. The summed E-state index contributed by atoms with van der Waals surface area (Å²) < 4.78 is 36.2. The molecule has 0 saturated heterocycles. The highest BCUT2D eigenvalue weighted by atomic mass is 16.5. The average Bonchev–Trinajstić information content (AvgIpc) is 3.23. The topological polar surface area (TPSA) is 120 Å². The standard InChI is InChI=1S/C45H66N4O9/c1-7-47(8-2)43(50)34-53-31-37-19-13-16-22-40(37)56-28-25-46(26-29-57-41-23-17-14-20-38(41)32-54-35-44(51)48(9-3)10-4)27-30-58-42-24-18-15-21-39(42)33-55-36-45(52)49(11-5)12-6/h13-24H,7-12,25-36H2,1-6H3. The first-order valence-corrected chi connectivity index (χ1v) is 20.7. The van der Waals surface area contributed by atoms with Gasteiger partial charge in [-0.25, -0.2) is 0 Å². The van der Waals surface area contributed by atoms with Crippen molar-refractivity contribution in [2.75, 3.05) is 98.5 Å². The van der Waals surface area contributed by atoms with E-state index >= 15 is 0 Å². The van der Waals surface area contributed by atoms with Crippen molar-refractivity contribution in [2.45, 2.75) is 61.4 Å². The summed E-state index contributed by atoms with van der Waals surface area (Å²) in [5.41, 5.74) is 2.59. The second kappa shape index (κ2) is 27.9. The molecular formula is C45H66N4O9. The van der Waals surface area contributed by atoms with Crippen LogP contribution in [-0.2, 0) is 48.4 Å². The van der Waals surface area contributed by atoms with Crippen molar-refractivity contribution in [3.63, 3.8) is 0 Å². The number of carbonyl (C=O) groups excluding carboxylic acids is 3. The third-order valence-electron chi connectivity index (χ3n) is 9.71. The van der Waals surface area contributed by atoms with Crippen LogP contribution in [0.2, 0.25) is 0 Å². The van der Waals surface area contributed by atoms with Gasteiger partial charge in [0, 0.05) is 75.6 Å². The summed E-state index contributed by atoms with van der Waals surface area (Å²) in [5.74, 6) is 1.99. The van der Waals surface area contributed by atoms with Crippen LogP contribution in [0.1, 0.15) is 58.2 Å². The number of hydrogen-bond acceptors (Lipinski definition) is 10. The lowest BCUT2D eigenvalue weighted by Gasteiger charge is -2.24. The molecule has 0 radical (unpaired) electrons. The van der Waals surface area contributed by atoms with E-state index in [2.05, 4.69) is 4.90 Å². The van der Waals surface area contributed by atoms with Gasteiger partial charge in [0.25, 0.3) is 0 Å². The zero-order valence-corrected chi connectivity index (χ0v) is 35.6. The van der Waals surface area contributed by atoms with Crippen molar-refractivity contribution in [3.8, 4) is 17.2 Å². The lowest BCUT2D eigenvalue weighted by atomic mass is 10.2. The lowest BCUT2D eigenvalue weighted by molar-refractivity contribution is -0.136. The fourth-order valence-corrected chi connectivity index (χ4v) is 6.23. The first-order valence-electron chi connectivity index (χ1n) is 20.7. The smallest absolute Gasteiger partial charge is 0.248 e. The van der Waals surface area contributed by atoms with Crippen molar-refractivity contribution in [3.05, 3.63) is 89.5 Å². The minimum Gasteiger partial charge on any atom is -0.492 e. The van der Waals surface area contributed by atoms with Crippen molar-refractivity contribution < 1.29 is 42.8 Å². The number of amides is 3. The molecular weight excluding hydrogens is 741 g/mol. The first-order chi connectivity index (χ1) is 28.3. The van der Waals surface area contributed by atoms with E-state index in [-0.39, 0.29) is 57.4 Å². The quantitative estimate of drug-likeness (QED) is 0.0833. The molecule has 0 saturated carbocycles. The van der Waals surface area contributed by atoms with Crippen LogP contribution in [0.15, 0.2) is 72.8 Å². The number of likely N-dealkylation sites (N-methyl/N-ethyl adjacent to an activating group) is 3. The zero-order valence-electron chi connectivity index (χ0n) is 35.6. The summed E-state index contributed by atoms with van der Waals surface area (Å²) in [4.78, 5) is 44.8. The monoisotopic (exact) mass is 806 g/mol. The number of nitrogens with zero attached hydrogens (tertiary/aromatic N) is 4. The molecule has 13 nitrogen and oxygen atoms in total. The molecule has 0 aromatic heterocycles. The predicted molar refractivity (Wildman–Crippen MR) is 225 cm³/mol. The van der Waals surface area contributed by atoms with Gasteiger partial charge in [0.15, 0.2) is 0 Å². The number of carbonyl (C=O) groups is 3. The van der Waals surface area contributed by atoms with Crippen molar-refractivity contribution in [1.82, 2.24) is 19.6 Å². The summed E-state index contributed by atoms with van der Waals surface area (Å²) in [5, 5.41) is 0. The lowest BCUT2D eigenvalue weighted by Crippen LogP contribution is -2.35. The van der Waals surface area contributed by atoms with Crippen LogP contribution in [0, 0.1) is 0 Å². The number of ether oxygens (including phenoxy) is 6. The molecule has 0 aliphatic heterocycles. The van der Waals surface area contributed by atoms with Crippen LogP contribution in [0.25, 0.3) is 0 Å². The van der Waals surface area contributed by atoms with E-state index in [0.717, 1.165) is 16.7 Å². The Labute approximate surface area is 346 Å². The van der Waals surface area contributed by atoms with Crippen LogP contribution in [-0.4, -0.2) is 136 Å². The Hall–Kier alpha value is -4.69. The van der Waals surface area contributed by atoms with Crippen molar-refractivity contribution in [1.29, 1.82) is 0 Å². The molecule has 0 fully saturated rings. The van der Waals surface area contributed by atoms with Gasteiger partial charge in [-0.05, 0) is 59.7 Å². The van der Waals surface area contributed by atoms with Gasteiger partial charge in [-0.2, -0.15) is 0 Å². The highest BCUT2D eigenvalue weighted by Gasteiger charge is 2.15. The Morgan fingerprint density at radius 2 is 0.672 bits per heavy atom. The molecule has 13 heteroatoms. The maximum Gasteiger partial charge on any atom is 0.248 e. The maximum absolute atomic E-state index is 12.5. The van der Waals surface area contributed by atoms with Gasteiger partial charge in [-0.3, -0.25) is 19.3 Å². The minimum atomic E-state index is -0.0374. The van der Waals surface area contributed by atoms with E-state index in [4.69, 9.17) is 28.4 Å². The summed E-state index contributed by atoms with van der Waals surface area (Å²) >= 11 is 0. The van der Waals surface area contributed by atoms with Gasteiger partial charge in [-0.1, -0.05) is 54.6 Å². The first kappa shape index (κ1) is 47.7. The summed E-state index contributed by atoms with van der Waals surface area (Å²) in [6, 6.07) is 23.1. The Kier molecular flexibility index (Phi) is 22.9. The van der Waals surface area contributed by atoms with Crippen LogP contribution in [0.3, 0.4) is 0 Å². The van der Waals surface area contributed by atoms with E-state index in [0.29, 0.717) is 96.0 Å². The average molecular weight is 807 g/mol. The fraction of sp³-hybridized carbons (Fsp3) is 0.533. The summed E-state index contributed by atoms with van der Waals surface area (Å²) in [6.07, 6.45) is 0. The number of rotatable bonds is 30. The second-order valence-corrected chi connectivity index (χ2v) is 13.4. The SMILES string of the molecule is CCN(CC)C(=O)COCc1ccccc1OCCN(CCOc1ccccc1COCC(=O)N(CC)CC)CCOc1ccccc1COCC(=O)N(CC)CC. The molecule has 3 rings (SSSR count). The fourth-order valence-electron chi connectivity index (χ4n) is 6.23. The van der Waals surface area contributed by atoms with E-state index in [1.807, 2.05) is 114 Å². The molecule has 0 spiro atoms. The zero-order chi connectivity index (χ0) is 42.0. The van der Waals surface area contributed by atoms with Crippen LogP contribution in [0.5, 0.6) is 17.2 Å². The van der Waals surface area contributed by atoms with Gasteiger partial charge < -0.3 is 43.1 Å². The highest BCUT2D eigenvalue weighted by Crippen LogP contribution is 2.22.